The van der Waals surface area contributed by atoms with Gasteiger partial charge in [-0.05, 0) is 40.7 Å². The van der Waals surface area contributed by atoms with E-state index in [1.54, 1.807) is 12.1 Å². The van der Waals surface area contributed by atoms with Gasteiger partial charge < -0.3 is 9.64 Å². The van der Waals surface area contributed by atoms with Gasteiger partial charge in [0.2, 0.25) is 5.91 Å². The SMILES string of the molecule is CN(CC(=O)N1CCOCC1)Cc1ccc(F)c(Br)c1. The quantitative estimate of drug-likeness (QED) is 0.836. The van der Waals surface area contributed by atoms with Gasteiger partial charge in [0.25, 0.3) is 0 Å². The third kappa shape index (κ3) is 4.26. The summed E-state index contributed by atoms with van der Waals surface area (Å²) < 4.78 is 18.8. The van der Waals surface area contributed by atoms with Gasteiger partial charge in [0.1, 0.15) is 5.82 Å². The van der Waals surface area contributed by atoms with Crippen molar-refractivity contribution >= 4 is 21.8 Å². The van der Waals surface area contributed by atoms with Crippen molar-refractivity contribution in [3.05, 3.63) is 34.1 Å². The van der Waals surface area contributed by atoms with Gasteiger partial charge in [0, 0.05) is 19.6 Å². The minimum absolute atomic E-state index is 0.108. The molecule has 1 aromatic carbocycles. The van der Waals surface area contributed by atoms with Crippen LogP contribution >= 0.6 is 15.9 Å². The van der Waals surface area contributed by atoms with Crippen LogP contribution in [0.4, 0.5) is 4.39 Å². The number of carbonyl (C=O) groups excluding carboxylic acids is 1. The molecule has 20 heavy (non-hydrogen) atoms. The number of ether oxygens (including phenoxy) is 1. The Morgan fingerprint density at radius 3 is 2.80 bits per heavy atom. The van der Waals surface area contributed by atoms with E-state index >= 15 is 0 Å². The van der Waals surface area contributed by atoms with Crippen molar-refractivity contribution < 1.29 is 13.9 Å². The van der Waals surface area contributed by atoms with Gasteiger partial charge in [-0.3, -0.25) is 9.69 Å². The van der Waals surface area contributed by atoms with E-state index in [4.69, 9.17) is 4.74 Å². The number of carbonyl (C=O) groups is 1. The van der Waals surface area contributed by atoms with E-state index in [1.807, 2.05) is 16.8 Å². The molecule has 0 bridgehead atoms. The van der Waals surface area contributed by atoms with E-state index in [1.165, 1.54) is 6.07 Å². The molecule has 4 nitrogen and oxygen atoms in total. The fourth-order valence-electron chi connectivity index (χ4n) is 2.15. The van der Waals surface area contributed by atoms with Crippen molar-refractivity contribution in [3.8, 4) is 0 Å². The molecule has 0 aromatic heterocycles. The van der Waals surface area contributed by atoms with Gasteiger partial charge >= 0.3 is 0 Å². The molecule has 0 saturated carbocycles. The van der Waals surface area contributed by atoms with E-state index in [0.717, 1.165) is 5.56 Å². The van der Waals surface area contributed by atoms with E-state index in [0.29, 0.717) is 43.9 Å². The Morgan fingerprint density at radius 2 is 2.15 bits per heavy atom. The van der Waals surface area contributed by atoms with Crippen molar-refractivity contribution in [2.45, 2.75) is 6.54 Å². The molecule has 1 aliphatic rings. The topological polar surface area (TPSA) is 32.8 Å². The van der Waals surface area contributed by atoms with Crippen molar-refractivity contribution in [2.24, 2.45) is 0 Å². The normalized spacial score (nSPS) is 15.7. The molecule has 6 heteroatoms. The lowest BCUT2D eigenvalue weighted by Gasteiger charge is -2.28. The van der Waals surface area contributed by atoms with Crippen LogP contribution in [0.5, 0.6) is 0 Å². The van der Waals surface area contributed by atoms with Crippen LogP contribution in [0, 0.1) is 5.82 Å². The Balaban J connectivity index is 1.86. The van der Waals surface area contributed by atoms with Crippen molar-refractivity contribution in [1.29, 1.82) is 0 Å². The highest BCUT2D eigenvalue weighted by molar-refractivity contribution is 9.10. The number of halogens is 2. The standard InChI is InChI=1S/C14H18BrFN2O2/c1-17(9-11-2-3-13(16)12(15)8-11)10-14(19)18-4-6-20-7-5-18/h2-3,8H,4-7,9-10H2,1H3. The molecule has 0 atom stereocenters. The van der Waals surface area contributed by atoms with Crippen LogP contribution in [-0.4, -0.2) is 55.6 Å². The Labute approximate surface area is 126 Å². The molecule has 1 aromatic rings. The molecule has 1 saturated heterocycles. The van der Waals surface area contributed by atoms with Gasteiger partial charge in [-0.1, -0.05) is 6.07 Å². The molecule has 0 spiro atoms. The molecule has 0 aliphatic carbocycles. The molecule has 110 valence electrons. The first-order valence-electron chi connectivity index (χ1n) is 6.54. The zero-order valence-electron chi connectivity index (χ0n) is 11.4. The van der Waals surface area contributed by atoms with Crippen LogP contribution in [-0.2, 0) is 16.1 Å². The van der Waals surface area contributed by atoms with Crippen molar-refractivity contribution in [1.82, 2.24) is 9.80 Å². The smallest absolute Gasteiger partial charge is 0.236 e. The van der Waals surface area contributed by atoms with Crippen LogP contribution in [0.2, 0.25) is 0 Å². The molecule has 0 radical (unpaired) electrons. The number of morpholine rings is 1. The highest BCUT2D eigenvalue weighted by Crippen LogP contribution is 2.17. The number of hydrogen-bond acceptors (Lipinski definition) is 3. The average molecular weight is 345 g/mol. The maximum atomic E-state index is 13.2. The van der Waals surface area contributed by atoms with E-state index in [-0.39, 0.29) is 11.7 Å². The maximum absolute atomic E-state index is 13.2. The average Bonchev–Trinajstić information content (AvgIpc) is 2.44. The molecule has 1 aliphatic heterocycles. The summed E-state index contributed by atoms with van der Waals surface area (Å²) in [6, 6.07) is 4.90. The molecular weight excluding hydrogens is 327 g/mol. The summed E-state index contributed by atoms with van der Waals surface area (Å²) in [4.78, 5) is 15.8. The largest absolute Gasteiger partial charge is 0.378 e. The van der Waals surface area contributed by atoms with Gasteiger partial charge in [-0.15, -0.1) is 0 Å². The molecule has 2 rings (SSSR count). The summed E-state index contributed by atoms with van der Waals surface area (Å²) in [5, 5.41) is 0. The number of nitrogens with zero attached hydrogens (tertiary/aromatic N) is 2. The summed E-state index contributed by atoms with van der Waals surface area (Å²) in [5.74, 6) is -0.169. The molecule has 1 heterocycles. The number of amides is 1. The van der Waals surface area contributed by atoms with Gasteiger partial charge in [0.15, 0.2) is 0 Å². The van der Waals surface area contributed by atoms with Gasteiger partial charge in [0.05, 0.1) is 24.2 Å². The monoisotopic (exact) mass is 344 g/mol. The molecular formula is C14H18BrFN2O2. The zero-order valence-corrected chi connectivity index (χ0v) is 13.0. The number of benzene rings is 1. The lowest BCUT2D eigenvalue weighted by Crippen LogP contribution is -2.44. The second kappa shape index (κ2) is 7.15. The summed E-state index contributed by atoms with van der Waals surface area (Å²) in [5.41, 5.74) is 0.968. The van der Waals surface area contributed by atoms with Crippen LogP contribution in [0.15, 0.2) is 22.7 Å². The number of rotatable bonds is 4. The van der Waals surface area contributed by atoms with Crippen LogP contribution in [0.25, 0.3) is 0 Å². The van der Waals surface area contributed by atoms with E-state index in [9.17, 15) is 9.18 Å². The summed E-state index contributed by atoms with van der Waals surface area (Å²) in [7, 11) is 1.88. The minimum Gasteiger partial charge on any atom is -0.378 e. The molecule has 0 N–H and O–H groups in total. The molecule has 0 unspecified atom stereocenters. The third-order valence-corrected chi connectivity index (χ3v) is 3.81. The Morgan fingerprint density at radius 1 is 1.45 bits per heavy atom. The fourth-order valence-corrected chi connectivity index (χ4v) is 2.58. The Hall–Kier alpha value is -0.980. The van der Waals surface area contributed by atoms with Gasteiger partial charge in [-0.25, -0.2) is 4.39 Å². The van der Waals surface area contributed by atoms with Crippen molar-refractivity contribution in [2.75, 3.05) is 39.9 Å². The van der Waals surface area contributed by atoms with Crippen LogP contribution < -0.4 is 0 Å². The van der Waals surface area contributed by atoms with Gasteiger partial charge in [-0.2, -0.15) is 0 Å². The number of likely N-dealkylation sites (N-methyl/N-ethyl adjacent to an activating group) is 1. The van der Waals surface area contributed by atoms with Crippen molar-refractivity contribution in [3.63, 3.8) is 0 Å². The molecule has 1 fully saturated rings. The first-order valence-corrected chi connectivity index (χ1v) is 7.33. The predicted octanol–water partition coefficient (Wildman–Crippen LogP) is 1.88. The first-order chi connectivity index (χ1) is 9.56. The summed E-state index contributed by atoms with van der Waals surface area (Å²) >= 11 is 3.17. The second-order valence-electron chi connectivity index (χ2n) is 4.91. The Bertz CT molecular complexity index is 478. The van der Waals surface area contributed by atoms with E-state index < -0.39 is 0 Å². The molecule has 1 amide bonds. The third-order valence-electron chi connectivity index (χ3n) is 3.21. The minimum atomic E-state index is -0.277. The lowest BCUT2D eigenvalue weighted by atomic mass is 10.2. The fraction of sp³-hybridized carbons (Fsp3) is 0.500. The lowest BCUT2D eigenvalue weighted by molar-refractivity contribution is -0.136. The highest BCUT2D eigenvalue weighted by Gasteiger charge is 2.18. The summed E-state index contributed by atoms with van der Waals surface area (Å²) in [6.07, 6.45) is 0. The summed E-state index contributed by atoms with van der Waals surface area (Å²) in [6.45, 7) is 3.51. The highest BCUT2D eigenvalue weighted by atomic mass is 79.9. The van der Waals surface area contributed by atoms with E-state index in [2.05, 4.69) is 15.9 Å². The van der Waals surface area contributed by atoms with Crippen LogP contribution in [0.1, 0.15) is 5.56 Å². The first kappa shape index (κ1) is 15.4. The predicted molar refractivity (Wildman–Crippen MR) is 77.8 cm³/mol. The Kier molecular flexibility index (Phi) is 5.51. The second-order valence-corrected chi connectivity index (χ2v) is 5.77. The zero-order chi connectivity index (χ0) is 14.5. The number of hydrogen-bond donors (Lipinski definition) is 0. The van der Waals surface area contributed by atoms with Crippen LogP contribution in [0.3, 0.4) is 0 Å². The maximum Gasteiger partial charge on any atom is 0.236 e.